The van der Waals surface area contributed by atoms with E-state index in [1.165, 1.54) is 0 Å². The molecule has 8 nitrogen and oxygen atoms in total. The Morgan fingerprint density at radius 1 is 1.36 bits per heavy atom. The minimum Gasteiger partial charge on any atom is -0.491 e. The van der Waals surface area contributed by atoms with E-state index >= 15 is 0 Å². The molecule has 0 N–H and O–H groups in total. The second kappa shape index (κ2) is 8.26. The Hall–Kier alpha value is -2.19. The fraction of sp³-hybridized carbons (Fsp3) is 0.588. The van der Waals surface area contributed by atoms with E-state index in [9.17, 15) is 0 Å². The molecule has 25 heavy (non-hydrogen) atoms. The molecule has 1 atom stereocenters. The van der Waals surface area contributed by atoms with Crippen LogP contribution in [0.4, 0.5) is 5.95 Å². The number of ether oxygens (including phenoxy) is 3. The molecule has 0 aliphatic carbocycles. The molecule has 136 valence electrons. The molecule has 0 saturated carbocycles. The first-order chi connectivity index (χ1) is 12.1. The van der Waals surface area contributed by atoms with Gasteiger partial charge in [-0.15, -0.1) is 0 Å². The molecule has 0 radical (unpaired) electrons. The van der Waals surface area contributed by atoms with Gasteiger partial charge in [-0.3, -0.25) is 0 Å². The fourth-order valence-corrected chi connectivity index (χ4v) is 2.77. The van der Waals surface area contributed by atoms with Crippen LogP contribution in [0.25, 0.3) is 0 Å². The van der Waals surface area contributed by atoms with E-state index in [2.05, 4.69) is 15.5 Å². The Balaban J connectivity index is 1.66. The number of benzene rings is 1. The Morgan fingerprint density at radius 3 is 3.00 bits per heavy atom. The van der Waals surface area contributed by atoms with Gasteiger partial charge < -0.3 is 19.1 Å². The van der Waals surface area contributed by atoms with Gasteiger partial charge in [-0.1, -0.05) is 17.2 Å². The number of anilines is 1. The molecule has 0 unspecified atom stereocenters. The summed E-state index contributed by atoms with van der Waals surface area (Å²) in [5.74, 6) is 1.55. The van der Waals surface area contributed by atoms with Gasteiger partial charge in [0.15, 0.2) is 0 Å². The van der Waals surface area contributed by atoms with Gasteiger partial charge in [0.05, 0.1) is 38.6 Å². The van der Waals surface area contributed by atoms with Gasteiger partial charge >= 0.3 is 0 Å². The van der Waals surface area contributed by atoms with Crippen LogP contribution in [0.15, 0.2) is 24.3 Å². The maximum atomic E-state index is 5.75. The van der Waals surface area contributed by atoms with Crippen molar-refractivity contribution in [2.24, 2.45) is 0 Å². The topological polar surface area (TPSA) is 74.5 Å². The van der Waals surface area contributed by atoms with Crippen LogP contribution in [0.5, 0.6) is 5.75 Å². The highest BCUT2D eigenvalue weighted by atomic mass is 16.6. The first-order valence-electron chi connectivity index (χ1n) is 8.54. The highest BCUT2D eigenvalue weighted by molar-refractivity contribution is 5.31. The number of hydrogen-bond acceptors (Lipinski definition) is 7. The average molecular weight is 347 g/mol. The number of hydrogen-bond donors (Lipinski definition) is 0. The highest BCUT2D eigenvalue weighted by Gasteiger charge is 2.20. The van der Waals surface area contributed by atoms with E-state index in [4.69, 9.17) is 14.2 Å². The van der Waals surface area contributed by atoms with Crippen LogP contribution in [0.1, 0.15) is 19.4 Å². The van der Waals surface area contributed by atoms with Crippen molar-refractivity contribution in [3.63, 3.8) is 0 Å². The van der Waals surface area contributed by atoms with Crippen molar-refractivity contribution in [3.8, 4) is 5.75 Å². The zero-order chi connectivity index (χ0) is 17.6. The minimum atomic E-state index is 0.0340. The molecule has 1 aliphatic heterocycles. The Labute approximate surface area is 147 Å². The Kier molecular flexibility index (Phi) is 5.83. The zero-order valence-corrected chi connectivity index (χ0v) is 15.0. The molecular formula is C17H25N5O3. The highest BCUT2D eigenvalue weighted by Crippen LogP contribution is 2.17. The number of likely N-dealkylation sites (N-methyl/N-ethyl adjacent to an activating group) is 1. The smallest absolute Gasteiger partial charge is 0.245 e. The number of aromatic nitrogens is 4. The van der Waals surface area contributed by atoms with Gasteiger partial charge in [0.1, 0.15) is 5.75 Å². The van der Waals surface area contributed by atoms with Crippen molar-refractivity contribution in [2.75, 3.05) is 38.3 Å². The van der Waals surface area contributed by atoms with Gasteiger partial charge in [0, 0.05) is 13.6 Å². The summed E-state index contributed by atoms with van der Waals surface area (Å²) in [6, 6.07) is 7.99. The van der Waals surface area contributed by atoms with Gasteiger partial charge in [-0.05, 0) is 42.0 Å². The average Bonchev–Trinajstić information content (AvgIpc) is 3.04. The molecule has 1 aromatic carbocycles. The lowest BCUT2D eigenvalue weighted by atomic mass is 10.2. The monoisotopic (exact) mass is 347 g/mol. The van der Waals surface area contributed by atoms with Gasteiger partial charge in [0.2, 0.25) is 5.95 Å². The molecule has 0 amide bonds. The second-order valence-corrected chi connectivity index (χ2v) is 6.40. The van der Waals surface area contributed by atoms with Crippen LogP contribution in [-0.4, -0.2) is 65.8 Å². The van der Waals surface area contributed by atoms with Crippen LogP contribution >= 0.6 is 0 Å². The van der Waals surface area contributed by atoms with Crippen LogP contribution < -0.4 is 9.64 Å². The molecule has 1 aromatic heterocycles. The summed E-state index contributed by atoms with van der Waals surface area (Å²) in [7, 11) is 1.96. The fourth-order valence-electron chi connectivity index (χ4n) is 2.77. The molecule has 1 aliphatic rings. The summed E-state index contributed by atoms with van der Waals surface area (Å²) in [6.45, 7) is 7.16. The first-order valence-corrected chi connectivity index (χ1v) is 8.54. The van der Waals surface area contributed by atoms with Crippen LogP contribution in [-0.2, 0) is 16.0 Å². The molecule has 8 heteroatoms. The molecule has 1 fully saturated rings. The lowest BCUT2D eigenvalue weighted by Gasteiger charge is -2.27. The van der Waals surface area contributed by atoms with E-state index in [-0.39, 0.29) is 12.2 Å². The van der Waals surface area contributed by atoms with E-state index in [1.54, 1.807) is 4.68 Å². The van der Waals surface area contributed by atoms with Crippen molar-refractivity contribution in [3.05, 3.63) is 29.8 Å². The van der Waals surface area contributed by atoms with Crippen molar-refractivity contribution in [1.82, 2.24) is 20.2 Å². The second-order valence-electron chi connectivity index (χ2n) is 6.40. The normalized spacial score (nSPS) is 17.7. The lowest BCUT2D eigenvalue weighted by Crippen LogP contribution is -2.39. The molecule has 0 bridgehead atoms. The quantitative estimate of drug-likeness (QED) is 0.748. The molecular weight excluding hydrogens is 322 g/mol. The molecule has 3 rings (SSSR count). The summed E-state index contributed by atoms with van der Waals surface area (Å²) < 4.78 is 18.7. The number of rotatable bonds is 7. The van der Waals surface area contributed by atoms with Crippen molar-refractivity contribution < 1.29 is 14.2 Å². The lowest BCUT2D eigenvalue weighted by molar-refractivity contribution is -0.0838. The number of tetrazole rings is 1. The van der Waals surface area contributed by atoms with E-state index < -0.39 is 0 Å². The predicted octanol–water partition coefficient (Wildman–Crippen LogP) is 1.36. The van der Waals surface area contributed by atoms with Crippen LogP contribution in [0.3, 0.4) is 0 Å². The maximum absolute atomic E-state index is 5.75. The Bertz CT molecular complexity index is 670. The predicted molar refractivity (Wildman–Crippen MR) is 93.0 cm³/mol. The molecule has 1 saturated heterocycles. The van der Waals surface area contributed by atoms with Gasteiger partial charge in [-0.25, -0.2) is 4.68 Å². The third-order valence-electron chi connectivity index (χ3n) is 3.82. The van der Waals surface area contributed by atoms with E-state index in [0.29, 0.717) is 38.9 Å². The molecule has 2 aromatic rings. The van der Waals surface area contributed by atoms with E-state index in [1.807, 2.05) is 50.1 Å². The third-order valence-corrected chi connectivity index (χ3v) is 3.82. The SMILES string of the molecule is CC(C)Oc1cccc(Cn2nnnc2N(C)C[C@H]2COCCO2)c1. The van der Waals surface area contributed by atoms with Gasteiger partial charge in [-0.2, -0.15) is 0 Å². The van der Waals surface area contributed by atoms with E-state index in [0.717, 1.165) is 11.3 Å². The summed E-state index contributed by atoms with van der Waals surface area (Å²) in [6.07, 6.45) is 0.175. The van der Waals surface area contributed by atoms with Crippen molar-refractivity contribution >= 4 is 5.95 Å². The van der Waals surface area contributed by atoms with Crippen molar-refractivity contribution in [2.45, 2.75) is 32.6 Å². The summed E-state index contributed by atoms with van der Waals surface area (Å²) in [5.41, 5.74) is 1.08. The molecule has 0 spiro atoms. The maximum Gasteiger partial charge on any atom is 0.245 e. The zero-order valence-electron chi connectivity index (χ0n) is 15.0. The summed E-state index contributed by atoms with van der Waals surface area (Å²) >= 11 is 0. The van der Waals surface area contributed by atoms with Gasteiger partial charge in [0.25, 0.3) is 0 Å². The summed E-state index contributed by atoms with van der Waals surface area (Å²) in [5, 5.41) is 12.1. The first kappa shape index (κ1) is 17.6. The summed E-state index contributed by atoms with van der Waals surface area (Å²) in [4.78, 5) is 1.99. The number of nitrogens with zero attached hydrogens (tertiary/aromatic N) is 5. The van der Waals surface area contributed by atoms with Crippen molar-refractivity contribution in [1.29, 1.82) is 0 Å². The largest absolute Gasteiger partial charge is 0.491 e. The Morgan fingerprint density at radius 2 is 2.24 bits per heavy atom. The molecule has 2 heterocycles. The van der Waals surface area contributed by atoms with Crippen LogP contribution in [0.2, 0.25) is 0 Å². The van der Waals surface area contributed by atoms with Crippen LogP contribution in [0, 0.1) is 0 Å². The minimum absolute atomic E-state index is 0.0340. The third kappa shape index (κ3) is 4.90. The standard InChI is InChI=1S/C17H25N5O3/c1-13(2)25-15-6-4-5-14(9-15)10-22-17(18-19-20-22)21(3)11-16-12-23-7-8-24-16/h4-6,9,13,16H,7-8,10-12H2,1-3H3/t16-/m0/s1.